The summed E-state index contributed by atoms with van der Waals surface area (Å²) in [5.74, 6) is 1.09. The predicted octanol–water partition coefficient (Wildman–Crippen LogP) is 6.15. The summed E-state index contributed by atoms with van der Waals surface area (Å²) in [5, 5.41) is 7.50. The highest BCUT2D eigenvalue weighted by Crippen LogP contribution is 2.44. The van der Waals surface area contributed by atoms with E-state index in [2.05, 4.69) is 17.1 Å². The highest BCUT2D eigenvalue weighted by molar-refractivity contribution is 6.00. The Labute approximate surface area is 209 Å². The van der Waals surface area contributed by atoms with E-state index in [1.807, 2.05) is 48.5 Å². The standard InChI is InChI=1S/C29H28FN3O3/c1-3-4-17-36-24-15-9-21(10-16-24)28-25-26(20-7-13-23(35-2)14-8-20)31-32-27(25)29(34)33(28)18-19-5-11-22(30)12-6-19/h5-16,28H,3-4,17-18H2,1-2H3,(H,31,32). The highest BCUT2D eigenvalue weighted by Gasteiger charge is 2.42. The number of aromatic nitrogens is 2. The largest absolute Gasteiger partial charge is 0.497 e. The lowest BCUT2D eigenvalue weighted by Crippen LogP contribution is -2.29. The molecule has 1 aliphatic heterocycles. The zero-order chi connectivity index (χ0) is 25.1. The van der Waals surface area contributed by atoms with Crippen LogP contribution in [-0.4, -0.2) is 34.7 Å². The lowest BCUT2D eigenvalue weighted by molar-refractivity contribution is 0.0730. The molecule has 4 aromatic rings. The molecule has 5 rings (SSSR count). The number of carbonyl (C=O) groups is 1. The van der Waals surface area contributed by atoms with Crippen molar-refractivity contribution in [2.75, 3.05) is 13.7 Å². The van der Waals surface area contributed by atoms with Crippen LogP contribution in [-0.2, 0) is 6.54 Å². The Hall–Kier alpha value is -4.13. The van der Waals surface area contributed by atoms with Crippen LogP contribution in [0.4, 0.5) is 4.39 Å². The molecule has 7 heteroatoms. The second-order valence-corrected chi connectivity index (χ2v) is 8.82. The number of hydrogen-bond donors (Lipinski definition) is 1. The summed E-state index contributed by atoms with van der Waals surface area (Å²) < 4.78 is 24.7. The van der Waals surface area contributed by atoms with Crippen LogP contribution in [0.3, 0.4) is 0 Å². The number of nitrogens with zero attached hydrogens (tertiary/aromatic N) is 2. The van der Waals surface area contributed by atoms with Crippen molar-refractivity contribution in [1.82, 2.24) is 15.1 Å². The zero-order valence-electron chi connectivity index (χ0n) is 20.3. The molecule has 1 atom stereocenters. The Bertz CT molecular complexity index is 1330. The molecule has 1 unspecified atom stereocenters. The minimum Gasteiger partial charge on any atom is -0.497 e. The molecule has 1 N–H and O–H groups in total. The van der Waals surface area contributed by atoms with Gasteiger partial charge in [-0.1, -0.05) is 37.6 Å². The third-order valence-corrected chi connectivity index (χ3v) is 6.46. The molecule has 0 aliphatic carbocycles. The van der Waals surface area contributed by atoms with E-state index in [9.17, 15) is 9.18 Å². The Balaban J connectivity index is 1.54. The van der Waals surface area contributed by atoms with Gasteiger partial charge in [0.25, 0.3) is 5.91 Å². The molecule has 6 nitrogen and oxygen atoms in total. The number of unbranched alkanes of at least 4 members (excludes halogenated alkanes) is 1. The van der Waals surface area contributed by atoms with Crippen molar-refractivity contribution < 1.29 is 18.7 Å². The molecule has 3 aromatic carbocycles. The van der Waals surface area contributed by atoms with E-state index >= 15 is 0 Å². The van der Waals surface area contributed by atoms with Crippen molar-refractivity contribution in [3.8, 4) is 22.8 Å². The summed E-state index contributed by atoms with van der Waals surface area (Å²) in [5.41, 5.74) is 4.69. The maximum atomic E-state index is 13.6. The molecular weight excluding hydrogens is 457 g/mol. The molecule has 0 spiro atoms. The number of halogens is 1. The third-order valence-electron chi connectivity index (χ3n) is 6.46. The molecule has 1 amide bonds. The van der Waals surface area contributed by atoms with Gasteiger partial charge < -0.3 is 14.4 Å². The number of amides is 1. The molecule has 1 aromatic heterocycles. The van der Waals surface area contributed by atoms with Gasteiger partial charge in [-0.2, -0.15) is 5.10 Å². The van der Waals surface area contributed by atoms with Gasteiger partial charge in [-0.25, -0.2) is 4.39 Å². The van der Waals surface area contributed by atoms with E-state index in [4.69, 9.17) is 9.47 Å². The molecule has 36 heavy (non-hydrogen) atoms. The molecule has 2 heterocycles. The molecule has 0 bridgehead atoms. The second kappa shape index (κ2) is 10.2. The lowest BCUT2D eigenvalue weighted by atomic mass is 9.95. The molecule has 1 aliphatic rings. The van der Waals surface area contributed by atoms with E-state index in [0.717, 1.165) is 52.3 Å². The minimum atomic E-state index is -0.363. The summed E-state index contributed by atoms with van der Waals surface area (Å²) >= 11 is 0. The van der Waals surface area contributed by atoms with Crippen LogP contribution in [0.1, 0.15) is 53.0 Å². The van der Waals surface area contributed by atoms with E-state index in [1.165, 1.54) is 12.1 Å². The van der Waals surface area contributed by atoms with Crippen molar-refractivity contribution in [1.29, 1.82) is 0 Å². The van der Waals surface area contributed by atoms with Crippen molar-refractivity contribution in [2.24, 2.45) is 0 Å². The first-order valence-corrected chi connectivity index (χ1v) is 12.1. The number of carbonyl (C=O) groups excluding carboxylic acids is 1. The first-order chi connectivity index (χ1) is 17.6. The van der Waals surface area contributed by atoms with Crippen LogP contribution in [0.25, 0.3) is 11.3 Å². The van der Waals surface area contributed by atoms with Crippen LogP contribution in [0.2, 0.25) is 0 Å². The summed E-state index contributed by atoms with van der Waals surface area (Å²) in [6.45, 7) is 3.13. The SMILES string of the molecule is CCCCOc1ccc(C2c3c(-c4ccc(OC)cc4)n[nH]c3C(=O)N2Cc2ccc(F)cc2)cc1. The first-order valence-electron chi connectivity index (χ1n) is 12.1. The normalized spacial score (nSPS) is 14.7. The Kier molecular flexibility index (Phi) is 6.71. The average molecular weight is 486 g/mol. The number of methoxy groups -OCH3 is 1. The monoisotopic (exact) mass is 485 g/mol. The number of fused-ring (bicyclic) bond motifs is 1. The van der Waals surface area contributed by atoms with Crippen LogP contribution in [0, 0.1) is 5.82 Å². The fourth-order valence-corrected chi connectivity index (χ4v) is 4.54. The van der Waals surface area contributed by atoms with E-state index in [0.29, 0.717) is 18.8 Å². The molecule has 0 saturated carbocycles. The van der Waals surface area contributed by atoms with Crippen LogP contribution in [0.15, 0.2) is 72.8 Å². The maximum absolute atomic E-state index is 13.6. The third kappa shape index (κ3) is 4.56. The number of ether oxygens (including phenoxy) is 2. The number of hydrogen-bond acceptors (Lipinski definition) is 4. The number of benzene rings is 3. The number of rotatable bonds is 9. The fourth-order valence-electron chi connectivity index (χ4n) is 4.54. The van der Waals surface area contributed by atoms with Gasteiger partial charge >= 0.3 is 0 Å². The van der Waals surface area contributed by atoms with Gasteiger partial charge in [0.15, 0.2) is 0 Å². The molecule has 0 saturated heterocycles. The highest BCUT2D eigenvalue weighted by atomic mass is 19.1. The number of H-pyrrole nitrogens is 1. The van der Waals surface area contributed by atoms with E-state index < -0.39 is 0 Å². The van der Waals surface area contributed by atoms with Crippen molar-refractivity contribution in [3.63, 3.8) is 0 Å². The summed E-state index contributed by atoms with van der Waals surface area (Å²) in [4.78, 5) is 15.4. The molecular formula is C29H28FN3O3. The van der Waals surface area contributed by atoms with Crippen LogP contribution >= 0.6 is 0 Å². The number of aromatic amines is 1. The minimum absolute atomic E-state index is 0.144. The smallest absolute Gasteiger partial charge is 0.273 e. The van der Waals surface area contributed by atoms with Gasteiger partial charge in [0, 0.05) is 17.7 Å². The average Bonchev–Trinajstić information content (AvgIpc) is 3.45. The van der Waals surface area contributed by atoms with Gasteiger partial charge in [0.2, 0.25) is 0 Å². The maximum Gasteiger partial charge on any atom is 0.273 e. The Morgan fingerprint density at radius 1 is 0.972 bits per heavy atom. The lowest BCUT2D eigenvalue weighted by Gasteiger charge is -2.26. The summed E-state index contributed by atoms with van der Waals surface area (Å²) in [6.07, 6.45) is 2.06. The van der Waals surface area contributed by atoms with Crippen molar-refractivity contribution >= 4 is 5.91 Å². The van der Waals surface area contributed by atoms with E-state index in [-0.39, 0.29) is 17.8 Å². The Morgan fingerprint density at radius 2 is 1.67 bits per heavy atom. The van der Waals surface area contributed by atoms with Crippen molar-refractivity contribution in [3.05, 3.63) is 101 Å². The fraction of sp³-hybridized carbons (Fsp3) is 0.241. The van der Waals surface area contributed by atoms with E-state index in [1.54, 1.807) is 24.1 Å². The zero-order valence-corrected chi connectivity index (χ0v) is 20.3. The van der Waals surface area contributed by atoms with Gasteiger partial charge in [0.1, 0.15) is 23.0 Å². The topological polar surface area (TPSA) is 67.5 Å². The van der Waals surface area contributed by atoms with Gasteiger partial charge in [-0.15, -0.1) is 0 Å². The van der Waals surface area contributed by atoms with Crippen LogP contribution < -0.4 is 9.47 Å². The van der Waals surface area contributed by atoms with Crippen LogP contribution in [0.5, 0.6) is 11.5 Å². The summed E-state index contributed by atoms with van der Waals surface area (Å²) in [7, 11) is 1.62. The molecule has 0 radical (unpaired) electrons. The van der Waals surface area contributed by atoms with Gasteiger partial charge in [-0.05, 0) is 66.1 Å². The first kappa shape index (κ1) is 23.6. The second-order valence-electron chi connectivity index (χ2n) is 8.82. The molecule has 184 valence electrons. The molecule has 0 fully saturated rings. The van der Waals surface area contributed by atoms with Gasteiger partial charge in [0.05, 0.1) is 25.5 Å². The number of nitrogens with one attached hydrogen (secondary N) is 1. The summed E-state index contributed by atoms with van der Waals surface area (Å²) in [6, 6.07) is 21.4. The Morgan fingerprint density at radius 3 is 2.33 bits per heavy atom. The van der Waals surface area contributed by atoms with Gasteiger partial charge in [-0.3, -0.25) is 9.89 Å². The predicted molar refractivity (Wildman–Crippen MR) is 136 cm³/mol. The van der Waals surface area contributed by atoms with Crippen molar-refractivity contribution in [2.45, 2.75) is 32.4 Å². The quantitative estimate of drug-likeness (QED) is 0.289.